The zero-order valence-electron chi connectivity index (χ0n) is 23.7. The van der Waals surface area contributed by atoms with Crippen LogP contribution in [0, 0.1) is 5.92 Å². The Balaban J connectivity index is 1.32. The molecule has 0 amide bonds. The van der Waals surface area contributed by atoms with Crippen molar-refractivity contribution >= 4 is 44.7 Å². The van der Waals surface area contributed by atoms with Gasteiger partial charge < -0.3 is 30.3 Å². The number of para-hydroxylation sites is 1. The Morgan fingerprint density at radius 1 is 1.07 bits per heavy atom. The second-order valence-corrected chi connectivity index (χ2v) is 13.1. The second-order valence-electron chi connectivity index (χ2n) is 11.4. The molecule has 3 aromatic rings. The van der Waals surface area contributed by atoms with Gasteiger partial charge in [0.15, 0.2) is 0 Å². The van der Waals surface area contributed by atoms with Crippen molar-refractivity contribution in [1.29, 1.82) is 0 Å². The standard InChI is InChI=1S/C29H37N7O4S/c1-29(2)18-30-26-25(29)27(32-22-6-4-5-7-24(22)41(37,38)31-17-19-8-9-19)35-28(34-26)33-21-11-10-20(16-23(21)39-3)36-12-14-40-15-13-36/h4-7,10-11,16,19,31H,8-9,12-15,17-18H2,1-3H3,(H3,30,32,33,34,35). The van der Waals surface area contributed by atoms with Gasteiger partial charge in [0.05, 0.1) is 31.7 Å². The highest BCUT2D eigenvalue weighted by atomic mass is 32.2. The number of rotatable bonds is 10. The highest BCUT2D eigenvalue weighted by Crippen LogP contribution is 2.42. The Labute approximate surface area is 241 Å². The lowest BCUT2D eigenvalue weighted by atomic mass is 9.88. The van der Waals surface area contributed by atoms with Crippen LogP contribution in [0.3, 0.4) is 0 Å². The lowest BCUT2D eigenvalue weighted by molar-refractivity contribution is 0.122. The number of nitrogens with one attached hydrogen (secondary N) is 4. The number of fused-ring (bicyclic) bond motifs is 1. The van der Waals surface area contributed by atoms with Crippen LogP contribution in [0.5, 0.6) is 5.75 Å². The molecule has 0 spiro atoms. The average molecular weight is 580 g/mol. The third-order valence-corrected chi connectivity index (χ3v) is 9.26. The number of hydrogen-bond acceptors (Lipinski definition) is 10. The van der Waals surface area contributed by atoms with Gasteiger partial charge >= 0.3 is 0 Å². The maximum absolute atomic E-state index is 13.2. The van der Waals surface area contributed by atoms with Gasteiger partial charge in [0.1, 0.15) is 22.3 Å². The third-order valence-electron chi connectivity index (χ3n) is 7.78. The Bertz CT molecular complexity index is 1540. The van der Waals surface area contributed by atoms with Gasteiger partial charge in [-0.2, -0.15) is 9.97 Å². The minimum atomic E-state index is -3.71. The van der Waals surface area contributed by atoms with Crippen LogP contribution in [-0.4, -0.2) is 64.9 Å². The highest BCUT2D eigenvalue weighted by molar-refractivity contribution is 7.89. The molecule has 0 radical (unpaired) electrons. The SMILES string of the molecule is COc1cc(N2CCOCC2)ccc1Nc1nc2c(c(Nc3ccccc3S(=O)(=O)NCC3CC3)n1)C(C)(C)CN2. The molecule has 0 unspecified atom stereocenters. The topological polar surface area (TPSA) is 130 Å². The quantitative estimate of drug-likeness (QED) is 0.277. The Hall–Kier alpha value is -3.61. The van der Waals surface area contributed by atoms with Crippen LogP contribution < -0.4 is 30.3 Å². The van der Waals surface area contributed by atoms with Crippen molar-refractivity contribution in [2.45, 2.75) is 37.0 Å². The molecule has 1 aliphatic carbocycles. The molecule has 6 rings (SSSR count). The van der Waals surface area contributed by atoms with Crippen LogP contribution in [-0.2, 0) is 20.2 Å². The lowest BCUT2D eigenvalue weighted by Gasteiger charge is -2.29. The molecular formula is C29H37N7O4S. The molecule has 2 aromatic carbocycles. The molecule has 2 aliphatic heterocycles. The van der Waals surface area contributed by atoms with Crippen molar-refractivity contribution < 1.29 is 17.9 Å². The van der Waals surface area contributed by atoms with E-state index in [-0.39, 0.29) is 10.3 Å². The molecule has 1 aromatic heterocycles. The van der Waals surface area contributed by atoms with Crippen molar-refractivity contribution in [2.24, 2.45) is 5.92 Å². The van der Waals surface area contributed by atoms with E-state index in [4.69, 9.17) is 19.4 Å². The Morgan fingerprint density at radius 3 is 2.61 bits per heavy atom. The summed E-state index contributed by atoms with van der Waals surface area (Å²) in [6.45, 7) is 8.41. The number of anilines is 6. The molecule has 3 heterocycles. The van der Waals surface area contributed by atoms with Crippen LogP contribution in [0.1, 0.15) is 32.3 Å². The summed E-state index contributed by atoms with van der Waals surface area (Å²) in [5.41, 5.74) is 2.86. The molecule has 3 aliphatic rings. The first kappa shape index (κ1) is 27.6. The number of morpholine rings is 1. The summed E-state index contributed by atoms with van der Waals surface area (Å²) in [4.78, 5) is 12.1. The number of sulfonamides is 1. The van der Waals surface area contributed by atoms with E-state index in [0.717, 1.165) is 42.9 Å². The van der Waals surface area contributed by atoms with Crippen LogP contribution in [0.2, 0.25) is 0 Å². The molecule has 11 nitrogen and oxygen atoms in total. The third kappa shape index (κ3) is 5.90. The van der Waals surface area contributed by atoms with Crippen molar-refractivity contribution in [3.63, 3.8) is 0 Å². The highest BCUT2D eigenvalue weighted by Gasteiger charge is 2.36. The van der Waals surface area contributed by atoms with Gasteiger partial charge in [-0.1, -0.05) is 26.0 Å². The van der Waals surface area contributed by atoms with Crippen LogP contribution in [0.25, 0.3) is 0 Å². The van der Waals surface area contributed by atoms with E-state index < -0.39 is 10.0 Å². The van der Waals surface area contributed by atoms with E-state index in [1.807, 2.05) is 24.3 Å². The van der Waals surface area contributed by atoms with E-state index in [1.54, 1.807) is 25.3 Å². The molecule has 218 valence electrons. The zero-order chi connectivity index (χ0) is 28.6. The molecule has 0 bridgehead atoms. The number of ether oxygens (including phenoxy) is 2. The minimum Gasteiger partial charge on any atom is -0.494 e. The molecular weight excluding hydrogens is 542 g/mol. The largest absolute Gasteiger partial charge is 0.494 e. The first-order chi connectivity index (χ1) is 19.7. The predicted octanol–water partition coefficient (Wildman–Crippen LogP) is 4.20. The van der Waals surface area contributed by atoms with Gasteiger partial charge in [0.2, 0.25) is 16.0 Å². The van der Waals surface area contributed by atoms with Crippen molar-refractivity contribution in [3.8, 4) is 5.75 Å². The summed E-state index contributed by atoms with van der Waals surface area (Å²) < 4.78 is 40.4. The first-order valence-corrected chi connectivity index (χ1v) is 15.5. The molecule has 2 fully saturated rings. The Kier molecular flexibility index (Phi) is 7.39. The normalized spacial score (nSPS) is 18.0. The average Bonchev–Trinajstić information content (AvgIpc) is 3.75. The van der Waals surface area contributed by atoms with Crippen molar-refractivity contribution in [3.05, 3.63) is 48.0 Å². The van der Waals surface area contributed by atoms with E-state index in [2.05, 4.69) is 39.4 Å². The van der Waals surface area contributed by atoms with E-state index in [1.165, 1.54) is 0 Å². The van der Waals surface area contributed by atoms with Gasteiger partial charge in [-0.25, -0.2) is 13.1 Å². The summed E-state index contributed by atoms with van der Waals surface area (Å²) >= 11 is 0. The summed E-state index contributed by atoms with van der Waals surface area (Å²) in [6, 6.07) is 12.9. The fraction of sp³-hybridized carbons (Fsp3) is 0.448. The number of methoxy groups -OCH3 is 1. The van der Waals surface area contributed by atoms with Gasteiger partial charge in [0, 0.05) is 48.9 Å². The van der Waals surface area contributed by atoms with Gasteiger partial charge in [0.25, 0.3) is 0 Å². The van der Waals surface area contributed by atoms with E-state index in [9.17, 15) is 8.42 Å². The minimum absolute atomic E-state index is 0.187. The summed E-state index contributed by atoms with van der Waals surface area (Å²) in [7, 11) is -2.07. The summed E-state index contributed by atoms with van der Waals surface area (Å²) in [6.07, 6.45) is 2.13. The fourth-order valence-corrected chi connectivity index (χ4v) is 6.53. The van der Waals surface area contributed by atoms with Crippen LogP contribution in [0.15, 0.2) is 47.4 Å². The smallest absolute Gasteiger partial charge is 0.242 e. The number of aromatic nitrogens is 2. The number of benzene rings is 2. The van der Waals surface area contributed by atoms with Crippen LogP contribution >= 0.6 is 0 Å². The van der Waals surface area contributed by atoms with Crippen LogP contribution in [0.4, 0.5) is 34.6 Å². The molecule has 0 atom stereocenters. The van der Waals surface area contributed by atoms with Gasteiger partial charge in [-0.05, 0) is 43.0 Å². The molecule has 1 saturated heterocycles. The van der Waals surface area contributed by atoms with Gasteiger partial charge in [-0.3, -0.25) is 0 Å². The second kappa shape index (κ2) is 11.0. The van der Waals surface area contributed by atoms with Crippen molar-refractivity contribution in [2.75, 3.05) is 67.4 Å². The monoisotopic (exact) mass is 579 g/mol. The zero-order valence-corrected chi connectivity index (χ0v) is 24.5. The summed E-state index contributed by atoms with van der Waals surface area (Å²) in [5.74, 6) is 2.70. The summed E-state index contributed by atoms with van der Waals surface area (Å²) in [5, 5.41) is 10.1. The first-order valence-electron chi connectivity index (χ1n) is 14.0. The lowest BCUT2D eigenvalue weighted by Crippen LogP contribution is -2.36. The maximum Gasteiger partial charge on any atom is 0.242 e. The molecule has 1 saturated carbocycles. The Morgan fingerprint density at radius 2 is 1.85 bits per heavy atom. The number of hydrogen-bond donors (Lipinski definition) is 4. The predicted molar refractivity (Wildman–Crippen MR) is 160 cm³/mol. The maximum atomic E-state index is 13.2. The van der Waals surface area contributed by atoms with Crippen molar-refractivity contribution in [1.82, 2.24) is 14.7 Å². The van der Waals surface area contributed by atoms with E-state index in [0.29, 0.717) is 61.2 Å². The fourth-order valence-electron chi connectivity index (χ4n) is 5.25. The molecule has 41 heavy (non-hydrogen) atoms. The van der Waals surface area contributed by atoms with Gasteiger partial charge in [-0.15, -0.1) is 0 Å². The van der Waals surface area contributed by atoms with E-state index >= 15 is 0 Å². The molecule has 4 N–H and O–H groups in total. The molecule has 12 heteroatoms. The number of nitrogens with zero attached hydrogens (tertiary/aromatic N) is 3.